The first kappa shape index (κ1) is 18.7. The molecule has 0 aliphatic carbocycles. The molecule has 0 fully saturated rings. The number of ether oxygens (including phenoxy) is 1. The highest BCUT2D eigenvalue weighted by Crippen LogP contribution is 2.29. The minimum Gasteiger partial charge on any atom is -0.484 e. The predicted octanol–water partition coefficient (Wildman–Crippen LogP) is 5.65. The van der Waals surface area contributed by atoms with Crippen molar-refractivity contribution in [3.05, 3.63) is 53.1 Å². The molecule has 136 valence electrons. The van der Waals surface area contributed by atoms with Gasteiger partial charge in [-0.05, 0) is 47.7 Å². The lowest BCUT2D eigenvalue weighted by Gasteiger charge is -2.23. The lowest BCUT2D eigenvalue weighted by Crippen LogP contribution is -2.20. The van der Waals surface area contributed by atoms with Crippen LogP contribution in [0.2, 0.25) is 5.02 Å². The zero-order valence-corrected chi connectivity index (χ0v) is 16.6. The molecule has 1 heterocycles. The van der Waals surface area contributed by atoms with Crippen LogP contribution in [0.1, 0.15) is 32.8 Å². The first-order valence-corrected chi connectivity index (χ1v) is 9.66. The van der Waals surface area contributed by atoms with Gasteiger partial charge in [-0.15, -0.1) is 0 Å². The maximum atomic E-state index is 12.1. The quantitative estimate of drug-likeness (QED) is 0.593. The van der Waals surface area contributed by atoms with E-state index in [1.54, 1.807) is 6.07 Å². The molecular formula is C20H21ClN2O2S. The van der Waals surface area contributed by atoms with Gasteiger partial charge in [0.15, 0.2) is 11.7 Å². The highest BCUT2D eigenvalue weighted by atomic mass is 35.5. The molecule has 6 heteroatoms. The van der Waals surface area contributed by atoms with Crippen molar-refractivity contribution >= 4 is 44.2 Å². The molecule has 3 aromatic rings. The van der Waals surface area contributed by atoms with Gasteiger partial charge in [-0.3, -0.25) is 10.1 Å². The zero-order chi connectivity index (χ0) is 18.7. The van der Waals surface area contributed by atoms with Crippen molar-refractivity contribution in [2.45, 2.75) is 32.6 Å². The maximum absolute atomic E-state index is 12.1. The molecule has 4 nitrogen and oxygen atoms in total. The number of hydrogen-bond donors (Lipinski definition) is 1. The van der Waals surface area contributed by atoms with Crippen LogP contribution in [0.5, 0.6) is 5.75 Å². The first-order chi connectivity index (χ1) is 12.4. The Hall–Kier alpha value is -2.11. The Kier molecular flexibility index (Phi) is 5.49. The standard InChI is InChI=1S/C20H21ClN2O2S/c1-4-20(2,3)13-5-8-15(9-6-13)25-12-18(24)23-19-22-16-10-7-14(21)11-17(16)26-19/h5-11H,4,12H2,1-3H3,(H,22,23,24). The van der Waals surface area contributed by atoms with Crippen molar-refractivity contribution in [1.29, 1.82) is 0 Å². The average molecular weight is 389 g/mol. The van der Waals surface area contributed by atoms with E-state index < -0.39 is 0 Å². The summed E-state index contributed by atoms with van der Waals surface area (Å²) in [5.74, 6) is 0.431. The lowest BCUT2D eigenvalue weighted by molar-refractivity contribution is -0.118. The van der Waals surface area contributed by atoms with E-state index >= 15 is 0 Å². The van der Waals surface area contributed by atoms with E-state index in [0.717, 1.165) is 16.6 Å². The van der Waals surface area contributed by atoms with Crippen LogP contribution >= 0.6 is 22.9 Å². The van der Waals surface area contributed by atoms with Crippen LogP contribution in [0.4, 0.5) is 5.13 Å². The molecule has 3 rings (SSSR count). The molecule has 0 atom stereocenters. The second-order valence-corrected chi connectivity index (χ2v) is 8.20. The number of nitrogens with one attached hydrogen (secondary N) is 1. The van der Waals surface area contributed by atoms with Gasteiger partial charge in [-0.25, -0.2) is 4.98 Å². The van der Waals surface area contributed by atoms with Crippen LogP contribution in [-0.2, 0) is 10.2 Å². The summed E-state index contributed by atoms with van der Waals surface area (Å²) < 4.78 is 6.51. The summed E-state index contributed by atoms with van der Waals surface area (Å²) in [4.78, 5) is 16.5. The topological polar surface area (TPSA) is 51.2 Å². The Labute approximate surface area is 162 Å². The third-order valence-electron chi connectivity index (χ3n) is 4.49. The molecule has 0 spiro atoms. The Bertz CT molecular complexity index is 919. The first-order valence-electron chi connectivity index (χ1n) is 8.46. The minimum atomic E-state index is -0.242. The number of halogens is 1. The van der Waals surface area contributed by atoms with Gasteiger partial charge in [0, 0.05) is 5.02 Å². The number of thiazole rings is 1. The summed E-state index contributed by atoms with van der Waals surface area (Å²) >= 11 is 7.36. The van der Waals surface area contributed by atoms with Crippen LogP contribution in [0.15, 0.2) is 42.5 Å². The van der Waals surface area contributed by atoms with Crippen LogP contribution in [0.3, 0.4) is 0 Å². The largest absolute Gasteiger partial charge is 0.484 e. The predicted molar refractivity (Wildman–Crippen MR) is 109 cm³/mol. The summed E-state index contributed by atoms with van der Waals surface area (Å²) in [6.07, 6.45) is 1.06. The van der Waals surface area contributed by atoms with E-state index in [1.165, 1.54) is 16.9 Å². The molecule has 1 aromatic heterocycles. The molecular weight excluding hydrogens is 368 g/mol. The van der Waals surface area contributed by atoms with Gasteiger partial charge in [-0.1, -0.05) is 55.8 Å². The molecule has 0 radical (unpaired) electrons. The SMILES string of the molecule is CCC(C)(C)c1ccc(OCC(=O)Nc2nc3ccc(Cl)cc3s2)cc1. The van der Waals surface area contributed by atoms with E-state index in [-0.39, 0.29) is 17.9 Å². The third kappa shape index (κ3) is 4.34. The van der Waals surface area contributed by atoms with Gasteiger partial charge in [0.2, 0.25) is 0 Å². The van der Waals surface area contributed by atoms with E-state index in [1.807, 2.05) is 36.4 Å². The van der Waals surface area contributed by atoms with Crippen molar-refractivity contribution in [1.82, 2.24) is 4.98 Å². The number of aromatic nitrogens is 1. The Balaban J connectivity index is 1.58. The molecule has 1 amide bonds. The zero-order valence-electron chi connectivity index (χ0n) is 15.0. The summed E-state index contributed by atoms with van der Waals surface area (Å²) in [5, 5.41) is 3.95. The van der Waals surface area contributed by atoms with Crippen LogP contribution < -0.4 is 10.1 Å². The number of anilines is 1. The van der Waals surface area contributed by atoms with Gasteiger partial charge < -0.3 is 4.74 Å². The van der Waals surface area contributed by atoms with Crippen LogP contribution in [0.25, 0.3) is 10.2 Å². The number of fused-ring (bicyclic) bond motifs is 1. The highest BCUT2D eigenvalue weighted by Gasteiger charge is 2.17. The number of carbonyl (C=O) groups excluding carboxylic acids is 1. The smallest absolute Gasteiger partial charge is 0.264 e. The van der Waals surface area contributed by atoms with E-state index in [2.05, 4.69) is 31.1 Å². The van der Waals surface area contributed by atoms with E-state index in [0.29, 0.717) is 15.9 Å². The summed E-state index contributed by atoms with van der Waals surface area (Å²) in [7, 11) is 0. The normalized spacial score (nSPS) is 11.5. The highest BCUT2D eigenvalue weighted by molar-refractivity contribution is 7.22. The number of nitrogens with zero attached hydrogens (tertiary/aromatic N) is 1. The molecule has 0 aliphatic heterocycles. The van der Waals surface area contributed by atoms with Gasteiger partial charge >= 0.3 is 0 Å². The maximum Gasteiger partial charge on any atom is 0.264 e. The van der Waals surface area contributed by atoms with Crippen molar-refractivity contribution in [2.75, 3.05) is 11.9 Å². The van der Waals surface area contributed by atoms with Gasteiger partial charge in [0.25, 0.3) is 5.91 Å². The molecule has 2 aromatic carbocycles. The number of rotatable bonds is 6. The molecule has 0 aliphatic rings. The molecule has 0 unspecified atom stereocenters. The monoisotopic (exact) mass is 388 g/mol. The fourth-order valence-corrected chi connectivity index (χ4v) is 3.62. The Morgan fingerprint density at radius 2 is 1.96 bits per heavy atom. The third-order valence-corrected chi connectivity index (χ3v) is 5.66. The molecule has 0 saturated carbocycles. The van der Waals surface area contributed by atoms with E-state index in [4.69, 9.17) is 16.3 Å². The molecule has 0 bridgehead atoms. The van der Waals surface area contributed by atoms with Crippen LogP contribution in [-0.4, -0.2) is 17.5 Å². The molecule has 1 N–H and O–H groups in total. The number of carbonyl (C=O) groups is 1. The number of hydrogen-bond acceptors (Lipinski definition) is 4. The fraction of sp³-hybridized carbons (Fsp3) is 0.300. The van der Waals surface area contributed by atoms with Crippen molar-refractivity contribution in [2.24, 2.45) is 0 Å². The number of amides is 1. The van der Waals surface area contributed by atoms with Gasteiger partial charge in [-0.2, -0.15) is 0 Å². The lowest BCUT2D eigenvalue weighted by atomic mass is 9.82. The summed E-state index contributed by atoms with van der Waals surface area (Å²) in [6.45, 7) is 6.53. The van der Waals surface area contributed by atoms with Crippen molar-refractivity contribution in [3.63, 3.8) is 0 Å². The second kappa shape index (κ2) is 7.64. The molecule has 0 saturated heterocycles. The number of benzene rings is 2. The minimum absolute atomic E-state index is 0.0623. The van der Waals surface area contributed by atoms with E-state index in [9.17, 15) is 4.79 Å². The summed E-state index contributed by atoms with van der Waals surface area (Å²) in [5.41, 5.74) is 2.20. The second-order valence-electron chi connectivity index (χ2n) is 6.73. The average Bonchev–Trinajstić information content (AvgIpc) is 3.01. The van der Waals surface area contributed by atoms with Gasteiger partial charge in [0.05, 0.1) is 10.2 Å². The fourth-order valence-electron chi connectivity index (χ4n) is 2.46. The van der Waals surface area contributed by atoms with Crippen LogP contribution in [0, 0.1) is 0 Å². The summed E-state index contributed by atoms with van der Waals surface area (Å²) in [6, 6.07) is 13.4. The van der Waals surface area contributed by atoms with Crippen molar-refractivity contribution in [3.8, 4) is 5.75 Å². The Morgan fingerprint density at radius 1 is 1.23 bits per heavy atom. The van der Waals surface area contributed by atoms with Gasteiger partial charge in [0.1, 0.15) is 5.75 Å². The molecule has 26 heavy (non-hydrogen) atoms. The van der Waals surface area contributed by atoms with Crippen molar-refractivity contribution < 1.29 is 9.53 Å². The Morgan fingerprint density at radius 3 is 2.65 bits per heavy atom.